The lowest BCUT2D eigenvalue weighted by Crippen LogP contribution is -2.10. The second-order valence-electron chi connectivity index (χ2n) is 4.06. The Bertz CT molecular complexity index is 636. The molecule has 2 aromatic rings. The van der Waals surface area contributed by atoms with Gasteiger partial charge in [-0.3, -0.25) is 0 Å². The molecule has 0 aromatic heterocycles. The van der Waals surface area contributed by atoms with E-state index < -0.39 is 20.9 Å². The van der Waals surface area contributed by atoms with Crippen LogP contribution in [0.25, 0.3) is 0 Å². The molecule has 0 spiro atoms. The minimum absolute atomic E-state index is 0.252. The zero-order valence-corrected chi connectivity index (χ0v) is 10.7. The zero-order valence-electron chi connectivity index (χ0n) is 9.88. The fourth-order valence-electron chi connectivity index (χ4n) is 1.75. The average molecular weight is 264 g/mol. The number of hydrogen-bond acceptors (Lipinski definition) is 2. The molecule has 2 rings (SSSR count). The second kappa shape index (κ2) is 4.90. The quantitative estimate of drug-likeness (QED) is 0.851. The molecule has 0 aliphatic heterocycles. The van der Waals surface area contributed by atoms with Gasteiger partial charge in [-0.25, -0.2) is 12.8 Å². The Hall–Kier alpha value is -1.68. The maximum Gasteiger partial charge on any atom is 0.185 e. The molecule has 0 radical (unpaired) electrons. The van der Waals surface area contributed by atoms with E-state index >= 15 is 0 Å². The Labute approximate surface area is 106 Å². The lowest BCUT2D eigenvalue weighted by atomic mass is 10.2. The van der Waals surface area contributed by atoms with E-state index in [2.05, 4.69) is 0 Å². The van der Waals surface area contributed by atoms with E-state index in [0.717, 1.165) is 0 Å². The van der Waals surface area contributed by atoms with E-state index in [4.69, 9.17) is 0 Å². The maximum absolute atomic E-state index is 13.1. The second-order valence-corrected chi connectivity index (χ2v) is 6.32. The summed E-state index contributed by atoms with van der Waals surface area (Å²) in [5.74, 6) is -0.428. The van der Waals surface area contributed by atoms with Crippen LogP contribution in [0.2, 0.25) is 0 Å². The van der Waals surface area contributed by atoms with Crippen molar-refractivity contribution in [3.8, 4) is 0 Å². The van der Waals surface area contributed by atoms with Gasteiger partial charge in [0.1, 0.15) is 5.82 Å². The fourth-order valence-corrected chi connectivity index (χ4v) is 3.20. The number of benzene rings is 2. The highest BCUT2D eigenvalue weighted by atomic mass is 32.2. The van der Waals surface area contributed by atoms with Gasteiger partial charge in [0.05, 0.1) is 10.1 Å². The molecule has 0 aliphatic carbocycles. The summed E-state index contributed by atoms with van der Waals surface area (Å²) < 4.78 is 37.8. The van der Waals surface area contributed by atoms with Crippen LogP contribution < -0.4 is 0 Å². The zero-order chi connectivity index (χ0) is 13.2. The van der Waals surface area contributed by atoms with Gasteiger partial charge in [-0.05, 0) is 36.8 Å². The van der Waals surface area contributed by atoms with Crippen molar-refractivity contribution in [2.24, 2.45) is 0 Å². The van der Waals surface area contributed by atoms with E-state index in [1.807, 2.05) is 0 Å². The third-order valence-electron chi connectivity index (χ3n) is 2.86. The Kier molecular flexibility index (Phi) is 3.48. The largest absolute Gasteiger partial charge is 0.223 e. The molecule has 0 saturated carbocycles. The van der Waals surface area contributed by atoms with Gasteiger partial charge in [-0.15, -0.1) is 0 Å². The highest BCUT2D eigenvalue weighted by Gasteiger charge is 2.24. The predicted octanol–water partition coefficient (Wildman–Crippen LogP) is 3.36. The Morgan fingerprint density at radius 1 is 1.00 bits per heavy atom. The van der Waals surface area contributed by atoms with Crippen molar-refractivity contribution in [2.45, 2.75) is 17.1 Å². The van der Waals surface area contributed by atoms with Gasteiger partial charge < -0.3 is 0 Å². The van der Waals surface area contributed by atoms with Gasteiger partial charge in [0.15, 0.2) is 9.84 Å². The van der Waals surface area contributed by atoms with Crippen LogP contribution in [-0.4, -0.2) is 8.42 Å². The first kappa shape index (κ1) is 12.8. The molecule has 1 atom stereocenters. The standard InChI is InChI=1S/C14H13FO2S/c1-11(12-6-5-7-13(15)10-12)18(16,17)14-8-3-2-4-9-14/h2-11H,1H3. The third-order valence-corrected chi connectivity index (χ3v) is 4.99. The van der Waals surface area contributed by atoms with Crippen molar-refractivity contribution in [1.29, 1.82) is 0 Å². The van der Waals surface area contributed by atoms with Crippen LogP contribution in [0, 0.1) is 5.82 Å². The van der Waals surface area contributed by atoms with Gasteiger partial charge in [-0.1, -0.05) is 30.3 Å². The normalized spacial score (nSPS) is 13.2. The summed E-state index contributed by atoms with van der Waals surface area (Å²) in [6.07, 6.45) is 0. The molecule has 1 unspecified atom stereocenters. The molecular formula is C14H13FO2S. The minimum Gasteiger partial charge on any atom is -0.223 e. The highest BCUT2D eigenvalue weighted by Crippen LogP contribution is 2.28. The fraction of sp³-hybridized carbons (Fsp3) is 0.143. The first-order valence-corrected chi connectivity index (χ1v) is 7.11. The van der Waals surface area contributed by atoms with Crippen LogP contribution in [0.15, 0.2) is 59.5 Å². The molecule has 2 nitrogen and oxygen atoms in total. The monoisotopic (exact) mass is 264 g/mol. The van der Waals surface area contributed by atoms with Crippen molar-refractivity contribution in [3.05, 3.63) is 66.0 Å². The summed E-state index contributed by atoms with van der Waals surface area (Å²) in [5, 5.41) is -0.768. The van der Waals surface area contributed by atoms with Gasteiger partial charge >= 0.3 is 0 Å². The Morgan fingerprint density at radius 3 is 2.28 bits per heavy atom. The Balaban J connectivity index is 2.43. The molecule has 0 aliphatic rings. The van der Waals surface area contributed by atoms with Gasteiger partial charge in [0.25, 0.3) is 0 Å². The molecule has 0 saturated heterocycles. The van der Waals surface area contributed by atoms with Crippen LogP contribution in [0.3, 0.4) is 0 Å². The maximum atomic E-state index is 13.1. The summed E-state index contributed by atoms with van der Waals surface area (Å²) in [6, 6.07) is 13.9. The topological polar surface area (TPSA) is 34.1 Å². The number of rotatable bonds is 3. The van der Waals surface area contributed by atoms with Crippen molar-refractivity contribution in [3.63, 3.8) is 0 Å². The Morgan fingerprint density at radius 2 is 1.67 bits per heavy atom. The van der Waals surface area contributed by atoms with Crippen LogP contribution in [0.4, 0.5) is 4.39 Å². The smallest absolute Gasteiger partial charge is 0.185 e. The molecule has 4 heteroatoms. The summed E-state index contributed by atoms with van der Waals surface area (Å²) >= 11 is 0. The van der Waals surface area contributed by atoms with Gasteiger partial charge in [0.2, 0.25) is 0 Å². The minimum atomic E-state index is -3.48. The first-order valence-electron chi connectivity index (χ1n) is 5.56. The third kappa shape index (κ3) is 2.43. The number of hydrogen-bond donors (Lipinski definition) is 0. The molecule has 18 heavy (non-hydrogen) atoms. The van der Waals surface area contributed by atoms with Crippen molar-refractivity contribution in [1.82, 2.24) is 0 Å². The summed E-state index contributed by atoms with van der Waals surface area (Å²) in [5.41, 5.74) is 0.457. The predicted molar refractivity (Wildman–Crippen MR) is 68.4 cm³/mol. The van der Waals surface area contributed by atoms with Crippen LogP contribution in [0.1, 0.15) is 17.7 Å². The molecular weight excluding hydrogens is 251 g/mol. The van der Waals surface area contributed by atoms with E-state index in [-0.39, 0.29) is 4.90 Å². The molecule has 0 heterocycles. The molecule has 2 aromatic carbocycles. The van der Waals surface area contributed by atoms with E-state index in [1.54, 1.807) is 43.3 Å². The van der Waals surface area contributed by atoms with Gasteiger partial charge in [0, 0.05) is 0 Å². The van der Waals surface area contributed by atoms with Crippen LogP contribution >= 0.6 is 0 Å². The SMILES string of the molecule is CC(c1cccc(F)c1)S(=O)(=O)c1ccccc1. The van der Waals surface area contributed by atoms with E-state index in [9.17, 15) is 12.8 Å². The van der Waals surface area contributed by atoms with E-state index in [0.29, 0.717) is 5.56 Å². The highest BCUT2D eigenvalue weighted by molar-refractivity contribution is 7.91. The van der Waals surface area contributed by atoms with Crippen LogP contribution in [-0.2, 0) is 9.84 Å². The summed E-state index contributed by atoms with van der Waals surface area (Å²) in [6.45, 7) is 1.57. The summed E-state index contributed by atoms with van der Waals surface area (Å²) in [7, 11) is -3.48. The van der Waals surface area contributed by atoms with E-state index in [1.165, 1.54) is 18.2 Å². The lowest BCUT2D eigenvalue weighted by molar-refractivity contribution is 0.585. The molecule has 0 amide bonds. The lowest BCUT2D eigenvalue weighted by Gasteiger charge is -2.13. The van der Waals surface area contributed by atoms with Crippen molar-refractivity contribution in [2.75, 3.05) is 0 Å². The average Bonchev–Trinajstić information content (AvgIpc) is 2.39. The number of sulfone groups is 1. The van der Waals surface area contributed by atoms with Crippen LogP contribution in [0.5, 0.6) is 0 Å². The number of halogens is 1. The molecule has 0 fully saturated rings. The van der Waals surface area contributed by atoms with Crippen molar-refractivity contribution >= 4 is 9.84 Å². The molecule has 0 bridgehead atoms. The first-order chi connectivity index (χ1) is 8.51. The van der Waals surface area contributed by atoms with Crippen molar-refractivity contribution < 1.29 is 12.8 Å². The van der Waals surface area contributed by atoms with Gasteiger partial charge in [-0.2, -0.15) is 0 Å². The summed E-state index contributed by atoms with van der Waals surface area (Å²) in [4.78, 5) is 0.252. The molecule has 94 valence electrons. The molecule has 0 N–H and O–H groups in total.